The summed E-state index contributed by atoms with van der Waals surface area (Å²) in [6, 6.07) is 21.9. The molecule has 0 radical (unpaired) electrons. The Balaban J connectivity index is 1.65. The van der Waals surface area contributed by atoms with Crippen LogP contribution >= 0.6 is 11.6 Å². The zero-order chi connectivity index (χ0) is 27.0. The Hall–Kier alpha value is -4.01. The number of ketones is 1. The lowest BCUT2D eigenvalue weighted by atomic mass is 9.73. The second-order valence-corrected chi connectivity index (χ2v) is 10.4. The van der Waals surface area contributed by atoms with E-state index in [2.05, 4.69) is 18.2 Å². The van der Waals surface area contributed by atoms with Crippen LogP contribution in [0.1, 0.15) is 53.0 Å². The third-order valence-corrected chi connectivity index (χ3v) is 7.72. The first-order valence-electron chi connectivity index (χ1n) is 12.8. The maximum Gasteiger partial charge on any atom is 0.161 e. The van der Waals surface area contributed by atoms with E-state index < -0.39 is 5.92 Å². The van der Waals surface area contributed by atoms with E-state index >= 15 is 0 Å². The summed E-state index contributed by atoms with van der Waals surface area (Å²) in [5.74, 6) is 0.537. The second kappa shape index (κ2) is 10.4. The Morgan fingerprint density at radius 3 is 2.58 bits per heavy atom. The van der Waals surface area contributed by atoms with Crippen molar-refractivity contribution in [3.63, 3.8) is 0 Å². The van der Waals surface area contributed by atoms with Crippen LogP contribution in [0.5, 0.6) is 5.75 Å². The van der Waals surface area contributed by atoms with Crippen molar-refractivity contribution in [2.24, 2.45) is 5.73 Å². The molecule has 1 aliphatic heterocycles. The third-order valence-electron chi connectivity index (χ3n) is 7.40. The standard InChI is InChI=1S/C32H30ClN3O2/c1-19-8-6-9-23(15-19)36-27-11-7-12-28(37)31(27)30(25(17-34)32(36)35)24-16-20(2)14-22(21(24)3)18-38-29-13-5-4-10-26(29)33/h4-6,8-10,13-16,30H,7,11-12,18,35H2,1-3H3. The number of carbonyl (C=O) groups is 1. The molecular weight excluding hydrogens is 494 g/mol. The minimum absolute atomic E-state index is 0.0731. The SMILES string of the molecule is Cc1cccc(N2C(N)=C(C#N)C(c3cc(C)cc(COc4ccccc4Cl)c3C)C3=C2CCCC3=O)c1. The minimum Gasteiger partial charge on any atom is -0.487 e. The number of halogens is 1. The Kier molecular flexibility index (Phi) is 7.01. The van der Waals surface area contributed by atoms with E-state index in [1.165, 1.54) is 0 Å². The summed E-state index contributed by atoms with van der Waals surface area (Å²) in [6.45, 7) is 6.37. The van der Waals surface area contributed by atoms with Crippen molar-refractivity contribution >= 4 is 23.1 Å². The number of nitriles is 1. The lowest BCUT2D eigenvalue weighted by Crippen LogP contribution is -2.39. The van der Waals surface area contributed by atoms with Gasteiger partial charge in [-0.25, -0.2) is 0 Å². The molecule has 38 heavy (non-hydrogen) atoms. The number of carbonyl (C=O) groups excluding carboxylic acids is 1. The van der Waals surface area contributed by atoms with Crippen LogP contribution in [0, 0.1) is 32.1 Å². The van der Waals surface area contributed by atoms with Gasteiger partial charge in [0.1, 0.15) is 18.2 Å². The van der Waals surface area contributed by atoms with Gasteiger partial charge in [-0.3, -0.25) is 9.69 Å². The van der Waals surface area contributed by atoms with E-state index in [0.717, 1.165) is 52.0 Å². The van der Waals surface area contributed by atoms with Gasteiger partial charge in [-0.1, -0.05) is 53.6 Å². The van der Waals surface area contributed by atoms with E-state index in [1.54, 1.807) is 6.07 Å². The first kappa shape index (κ1) is 25.6. The van der Waals surface area contributed by atoms with Crippen molar-refractivity contribution < 1.29 is 9.53 Å². The number of aryl methyl sites for hydroxylation is 2. The normalized spacial score (nSPS) is 17.4. The molecular formula is C32H30ClN3O2. The molecule has 3 aromatic rings. The average Bonchev–Trinajstić information content (AvgIpc) is 2.89. The van der Waals surface area contributed by atoms with Gasteiger partial charge in [0, 0.05) is 23.4 Å². The number of anilines is 1. The zero-order valence-corrected chi connectivity index (χ0v) is 22.6. The van der Waals surface area contributed by atoms with Crippen molar-refractivity contribution in [3.8, 4) is 11.8 Å². The number of ether oxygens (including phenoxy) is 1. The molecule has 1 unspecified atom stereocenters. The van der Waals surface area contributed by atoms with Gasteiger partial charge < -0.3 is 10.5 Å². The van der Waals surface area contributed by atoms with Gasteiger partial charge in [0.25, 0.3) is 0 Å². The Bertz CT molecular complexity index is 1550. The lowest BCUT2D eigenvalue weighted by molar-refractivity contribution is -0.116. The van der Waals surface area contributed by atoms with Crippen LogP contribution in [0.15, 0.2) is 83.3 Å². The van der Waals surface area contributed by atoms with E-state index in [9.17, 15) is 10.1 Å². The maximum atomic E-state index is 13.6. The monoisotopic (exact) mass is 523 g/mol. The highest BCUT2D eigenvalue weighted by molar-refractivity contribution is 6.32. The molecule has 1 atom stereocenters. The number of rotatable bonds is 5. The van der Waals surface area contributed by atoms with Crippen LogP contribution in [0.4, 0.5) is 5.69 Å². The third kappa shape index (κ3) is 4.57. The van der Waals surface area contributed by atoms with Crippen molar-refractivity contribution in [3.05, 3.63) is 116 Å². The van der Waals surface area contributed by atoms with Gasteiger partial charge in [-0.2, -0.15) is 5.26 Å². The summed E-state index contributed by atoms with van der Waals surface area (Å²) in [7, 11) is 0. The summed E-state index contributed by atoms with van der Waals surface area (Å²) >= 11 is 6.31. The maximum absolute atomic E-state index is 13.6. The van der Waals surface area contributed by atoms with Crippen molar-refractivity contribution in [2.75, 3.05) is 4.90 Å². The Labute approximate surface area is 228 Å². The highest BCUT2D eigenvalue weighted by atomic mass is 35.5. The number of nitrogens with zero attached hydrogens (tertiary/aromatic N) is 2. The molecule has 2 aliphatic rings. The highest BCUT2D eigenvalue weighted by Crippen LogP contribution is 2.47. The van der Waals surface area contributed by atoms with Gasteiger partial charge in [0.15, 0.2) is 5.78 Å². The molecule has 0 amide bonds. The zero-order valence-electron chi connectivity index (χ0n) is 21.8. The molecule has 1 heterocycles. The van der Waals surface area contributed by atoms with E-state index in [-0.39, 0.29) is 5.78 Å². The predicted octanol–water partition coefficient (Wildman–Crippen LogP) is 7.15. The molecule has 0 saturated carbocycles. The van der Waals surface area contributed by atoms with Crippen LogP contribution < -0.4 is 15.4 Å². The summed E-state index contributed by atoms with van der Waals surface area (Å²) in [5.41, 5.74) is 14.6. The van der Waals surface area contributed by atoms with Crippen molar-refractivity contribution in [1.29, 1.82) is 5.26 Å². The minimum atomic E-state index is -0.525. The van der Waals surface area contributed by atoms with Gasteiger partial charge in [0.05, 0.1) is 22.6 Å². The second-order valence-electron chi connectivity index (χ2n) is 10.0. The number of para-hydroxylation sites is 1. The van der Waals surface area contributed by atoms with Crippen LogP contribution in [0.25, 0.3) is 0 Å². The molecule has 2 N–H and O–H groups in total. The molecule has 5 rings (SSSR count). The summed E-state index contributed by atoms with van der Waals surface area (Å²) in [5, 5.41) is 11.0. The molecule has 0 saturated heterocycles. The van der Waals surface area contributed by atoms with E-state index in [4.69, 9.17) is 22.1 Å². The summed E-state index contributed by atoms with van der Waals surface area (Å²) in [6.07, 6.45) is 1.94. The fourth-order valence-electron chi connectivity index (χ4n) is 5.59. The Morgan fingerprint density at radius 1 is 1.05 bits per heavy atom. The number of Topliss-reactive ketones (excluding diaryl/α,β-unsaturated/α-hetero) is 1. The first-order valence-corrected chi connectivity index (χ1v) is 13.2. The fraction of sp³-hybridized carbons (Fsp3) is 0.250. The quantitative estimate of drug-likeness (QED) is 0.384. The van der Waals surface area contributed by atoms with Gasteiger partial charge in [0.2, 0.25) is 0 Å². The molecule has 0 fully saturated rings. The highest BCUT2D eigenvalue weighted by Gasteiger charge is 2.41. The van der Waals surface area contributed by atoms with Gasteiger partial charge in [-0.15, -0.1) is 0 Å². The van der Waals surface area contributed by atoms with E-state index in [0.29, 0.717) is 40.8 Å². The van der Waals surface area contributed by atoms with Crippen molar-refractivity contribution in [2.45, 2.75) is 52.6 Å². The number of nitrogens with two attached hydrogens (primary N) is 1. The van der Waals surface area contributed by atoms with Crippen LogP contribution in [0.3, 0.4) is 0 Å². The predicted molar refractivity (Wildman–Crippen MR) is 151 cm³/mol. The Morgan fingerprint density at radius 2 is 1.84 bits per heavy atom. The molecule has 0 spiro atoms. The van der Waals surface area contributed by atoms with Gasteiger partial charge in [-0.05, 0) is 80.1 Å². The molecule has 1 aliphatic carbocycles. The topological polar surface area (TPSA) is 79.3 Å². The molecule has 5 nitrogen and oxygen atoms in total. The van der Waals surface area contributed by atoms with Crippen molar-refractivity contribution in [1.82, 2.24) is 0 Å². The van der Waals surface area contributed by atoms with Crippen LogP contribution in [-0.4, -0.2) is 5.78 Å². The molecule has 192 valence electrons. The lowest BCUT2D eigenvalue weighted by Gasteiger charge is -2.40. The smallest absolute Gasteiger partial charge is 0.161 e. The molecule has 6 heteroatoms. The number of hydrogen-bond donors (Lipinski definition) is 1. The fourth-order valence-corrected chi connectivity index (χ4v) is 5.78. The van der Waals surface area contributed by atoms with Gasteiger partial charge >= 0.3 is 0 Å². The molecule has 0 aromatic heterocycles. The number of allylic oxidation sites excluding steroid dienone is 3. The summed E-state index contributed by atoms with van der Waals surface area (Å²) in [4.78, 5) is 15.5. The average molecular weight is 524 g/mol. The first-order chi connectivity index (χ1) is 18.3. The number of hydrogen-bond acceptors (Lipinski definition) is 5. The van der Waals surface area contributed by atoms with E-state index in [1.807, 2.05) is 68.1 Å². The molecule has 3 aromatic carbocycles. The van der Waals surface area contributed by atoms with Crippen LogP contribution in [-0.2, 0) is 11.4 Å². The molecule has 0 bridgehead atoms. The number of benzene rings is 3. The largest absolute Gasteiger partial charge is 0.487 e. The summed E-state index contributed by atoms with van der Waals surface area (Å²) < 4.78 is 6.07. The van der Waals surface area contributed by atoms with Crippen LogP contribution in [0.2, 0.25) is 5.02 Å².